The van der Waals surface area contributed by atoms with Gasteiger partial charge in [0.25, 0.3) is 0 Å². The molecule has 56 heavy (non-hydrogen) atoms. The smallest absolute Gasteiger partial charge is 0.387 e. The van der Waals surface area contributed by atoms with Crippen LogP contribution in [0.2, 0.25) is 0 Å². The Kier molecular flexibility index (Phi) is 38.7. The van der Waals surface area contributed by atoms with Crippen molar-refractivity contribution in [2.24, 2.45) is 0 Å². The largest absolute Gasteiger partial charge is 0.472 e. The molecule has 0 aliphatic heterocycles. The number of hydrogen-bond acceptors (Lipinski definition) is 5. The van der Waals surface area contributed by atoms with Crippen LogP contribution in [0.3, 0.4) is 0 Å². The topological polar surface area (TPSA) is 105 Å². The first kappa shape index (κ1) is 55.0. The van der Waals surface area contributed by atoms with Gasteiger partial charge >= 0.3 is 7.82 Å². The Labute approximate surface area is 347 Å². The Morgan fingerprint density at radius 3 is 1.43 bits per heavy atom. The van der Waals surface area contributed by atoms with Gasteiger partial charge in [-0.2, -0.15) is 0 Å². The number of rotatable bonds is 43. The molecule has 0 heterocycles. The van der Waals surface area contributed by atoms with Crippen molar-refractivity contribution >= 4 is 13.7 Å². The molecule has 3 unspecified atom stereocenters. The lowest BCUT2D eigenvalue weighted by atomic mass is 10.0. The van der Waals surface area contributed by atoms with Gasteiger partial charge in [0.2, 0.25) is 5.91 Å². The third-order valence-electron chi connectivity index (χ3n) is 10.7. The number of hydrogen-bond donors (Lipinski definition) is 3. The second kappa shape index (κ2) is 39.4. The van der Waals surface area contributed by atoms with Gasteiger partial charge in [0.15, 0.2) is 0 Å². The average molecular weight is 814 g/mol. The van der Waals surface area contributed by atoms with Crippen molar-refractivity contribution in [3.63, 3.8) is 0 Å². The van der Waals surface area contributed by atoms with Crippen LogP contribution in [0.5, 0.6) is 0 Å². The second-order valence-corrected chi connectivity index (χ2v) is 18.9. The molecule has 332 valence electrons. The van der Waals surface area contributed by atoms with Crippen LogP contribution in [0, 0.1) is 0 Å². The van der Waals surface area contributed by atoms with Gasteiger partial charge in [-0.25, -0.2) is 4.57 Å². The molecule has 3 N–H and O–H groups in total. The molecule has 0 bridgehead atoms. The molecule has 0 saturated heterocycles. The van der Waals surface area contributed by atoms with E-state index >= 15 is 0 Å². The average Bonchev–Trinajstić information content (AvgIpc) is 3.15. The number of carbonyl (C=O) groups excluding carboxylic acids is 1. The van der Waals surface area contributed by atoms with Gasteiger partial charge in [0, 0.05) is 6.42 Å². The summed E-state index contributed by atoms with van der Waals surface area (Å²) in [6, 6.07) is -0.857. The number of allylic oxidation sites excluding steroid dienone is 3. The number of aliphatic hydroxyl groups is 1. The molecule has 9 heteroatoms. The molecule has 0 fully saturated rings. The summed E-state index contributed by atoms with van der Waals surface area (Å²) in [7, 11) is 1.56. The number of phosphoric acid groups is 1. The molecule has 0 aromatic carbocycles. The summed E-state index contributed by atoms with van der Waals surface area (Å²) < 4.78 is 23.5. The zero-order valence-corrected chi connectivity index (χ0v) is 38.5. The highest BCUT2D eigenvalue weighted by atomic mass is 31.2. The zero-order chi connectivity index (χ0) is 41.4. The van der Waals surface area contributed by atoms with Crippen LogP contribution < -0.4 is 5.32 Å². The molecule has 8 nitrogen and oxygen atoms in total. The van der Waals surface area contributed by atoms with E-state index < -0.39 is 20.0 Å². The molecule has 0 radical (unpaired) electrons. The molecule has 3 atom stereocenters. The summed E-state index contributed by atoms with van der Waals surface area (Å²) in [5.74, 6) is -0.188. The second-order valence-electron chi connectivity index (χ2n) is 17.5. The number of amides is 1. The molecule has 0 aliphatic rings. The predicted octanol–water partition coefficient (Wildman–Crippen LogP) is 13.3. The fourth-order valence-electron chi connectivity index (χ4n) is 6.88. The maximum atomic E-state index is 12.8. The minimum absolute atomic E-state index is 0.0581. The lowest BCUT2D eigenvalue weighted by Gasteiger charge is -2.25. The maximum absolute atomic E-state index is 12.8. The van der Waals surface area contributed by atoms with Crippen molar-refractivity contribution in [1.29, 1.82) is 0 Å². The third-order valence-corrected chi connectivity index (χ3v) is 11.7. The van der Waals surface area contributed by atoms with Gasteiger partial charge in [-0.1, -0.05) is 205 Å². The summed E-state index contributed by atoms with van der Waals surface area (Å²) in [5.41, 5.74) is 0. The minimum atomic E-state index is -4.34. The highest BCUT2D eigenvalue weighted by Gasteiger charge is 2.27. The Hall–Kier alpha value is -1.02. The van der Waals surface area contributed by atoms with Crippen molar-refractivity contribution < 1.29 is 32.9 Å². The van der Waals surface area contributed by atoms with E-state index in [4.69, 9.17) is 9.05 Å². The number of aliphatic hydroxyl groups excluding tert-OH is 1. The minimum Gasteiger partial charge on any atom is -0.387 e. The molecule has 0 saturated carbocycles. The Bertz CT molecular complexity index is 969. The van der Waals surface area contributed by atoms with Crippen LogP contribution in [-0.2, 0) is 18.4 Å². The van der Waals surface area contributed by atoms with Crippen molar-refractivity contribution in [1.82, 2.24) is 5.32 Å². The van der Waals surface area contributed by atoms with E-state index in [1.807, 2.05) is 27.2 Å². The Morgan fingerprint density at radius 1 is 0.589 bits per heavy atom. The summed E-state index contributed by atoms with van der Waals surface area (Å²) in [6.45, 7) is 4.79. The van der Waals surface area contributed by atoms with E-state index in [0.717, 1.165) is 38.5 Å². The van der Waals surface area contributed by atoms with E-state index in [1.54, 1.807) is 6.08 Å². The van der Waals surface area contributed by atoms with Crippen LogP contribution in [0.15, 0.2) is 24.3 Å². The van der Waals surface area contributed by atoms with Crippen LogP contribution >= 0.6 is 7.82 Å². The normalized spacial score (nSPS) is 14.5. The molecular formula is C47H94N2O6P+. The van der Waals surface area contributed by atoms with E-state index in [1.165, 1.54) is 161 Å². The Balaban J connectivity index is 4.28. The van der Waals surface area contributed by atoms with Crippen LogP contribution in [0.25, 0.3) is 0 Å². The molecule has 1 amide bonds. The lowest BCUT2D eigenvalue weighted by molar-refractivity contribution is -0.870. The number of nitrogens with one attached hydrogen (secondary N) is 1. The monoisotopic (exact) mass is 814 g/mol. The lowest BCUT2D eigenvalue weighted by Crippen LogP contribution is -2.45. The number of carbonyl (C=O) groups is 1. The number of quaternary nitrogens is 1. The van der Waals surface area contributed by atoms with Gasteiger partial charge in [-0.3, -0.25) is 13.8 Å². The van der Waals surface area contributed by atoms with Gasteiger partial charge in [0.05, 0.1) is 39.9 Å². The van der Waals surface area contributed by atoms with Crippen LogP contribution in [-0.4, -0.2) is 73.4 Å². The van der Waals surface area contributed by atoms with Crippen molar-refractivity contribution in [3.05, 3.63) is 24.3 Å². The summed E-state index contributed by atoms with van der Waals surface area (Å²) in [4.78, 5) is 23.0. The van der Waals surface area contributed by atoms with Gasteiger partial charge < -0.3 is 19.8 Å². The zero-order valence-electron chi connectivity index (χ0n) is 37.6. The number of phosphoric ester groups is 1. The Morgan fingerprint density at radius 2 is 0.982 bits per heavy atom. The quantitative estimate of drug-likeness (QED) is 0.0245. The van der Waals surface area contributed by atoms with Crippen LogP contribution in [0.4, 0.5) is 0 Å². The van der Waals surface area contributed by atoms with E-state index in [0.29, 0.717) is 17.4 Å². The molecule has 0 aromatic heterocycles. The SMILES string of the molecule is CCCCCCCCCCCCCCCCCCCC/C=C/CC/C=C/C(O)C(COP(=O)(O)OCC[N+](C)(C)C)NC(=O)CCCCCCCCCCCC. The molecule has 0 rings (SSSR count). The fourth-order valence-corrected chi connectivity index (χ4v) is 7.62. The summed E-state index contributed by atoms with van der Waals surface area (Å²) in [5, 5.41) is 13.8. The van der Waals surface area contributed by atoms with Crippen molar-refractivity contribution in [2.75, 3.05) is 40.9 Å². The number of unbranched alkanes of at least 4 members (excludes halogenated alkanes) is 28. The van der Waals surface area contributed by atoms with Crippen molar-refractivity contribution in [2.45, 2.75) is 231 Å². The van der Waals surface area contributed by atoms with Gasteiger partial charge in [-0.05, 0) is 32.1 Å². The van der Waals surface area contributed by atoms with E-state index in [2.05, 4.69) is 31.3 Å². The number of likely N-dealkylation sites (N-methyl/N-ethyl adjacent to an activating group) is 1. The first-order valence-electron chi connectivity index (χ1n) is 23.7. The maximum Gasteiger partial charge on any atom is 0.472 e. The van der Waals surface area contributed by atoms with Gasteiger partial charge in [0.1, 0.15) is 13.2 Å². The molecular weight excluding hydrogens is 719 g/mol. The predicted molar refractivity (Wildman–Crippen MR) is 240 cm³/mol. The fraction of sp³-hybridized carbons (Fsp3) is 0.894. The standard InChI is InChI=1S/C47H93N2O6P/c1-6-8-10-12-14-16-18-19-20-21-22-23-24-25-26-27-28-29-30-31-32-34-36-38-40-46(50)45(44-55-56(52,53)54-43-42-49(3,4)5)48-47(51)41-39-37-35-33-17-15-13-11-9-7-2/h31-32,38,40,45-46,50H,6-30,33-37,39,41-44H2,1-5H3,(H-,48,51,52,53)/p+1/b32-31+,40-38+. The molecule has 0 aromatic rings. The van der Waals surface area contributed by atoms with E-state index in [-0.39, 0.29) is 19.1 Å². The van der Waals surface area contributed by atoms with Crippen molar-refractivity contribution in [3.8, 4) is 0 Å². The first-order valence-corrected chi connectivity index (χ1v) is 25.2. The highest BCUT2D eigenvalue weighted by Crippen LogP contribution is 2.43. The summed E-state index contributed by atoms with van der Waals surface area (Å²) in [6.07, 6.45) is 47.0. The van der Waals surface area contributed by atoms with E-state index in [9.17, 15) is 19.4 Å². The van der Waals surface area contributed by atoms with Gasteiger partial charge in [-0.15, -0.1) is 0 Å². The first-order chi connectivity index (χ1) is 27.0. The van der Waals surface area contributed by atoms with Crippen LogP contribution in [0.1, 0.15) is 219 Å². The molecule has 0 spiro atoms. The number of nitrogens with zero attached hydrogens (tertiary/aromatic N) is 1. The third kappa shape index (κ3) is 41.2. The molecule has 0 aliphatic carbocycles. The highest BCUT2D eigenvalue weighted by molar-refractivity contribution is 7.47. The summed E-state index contributed by atoms with van der Waals surface area (Å²) >= 11 is 0.